The van der Waals surface area contributed by atoms with Crippen molar-refractivity contribution < 1.29 is 5.11 Å². The molecule has 0 bridgehead atoms. The summed E-state index contributed by atoms with van der Waals surface area (Å²) in [4.78, 5) is 7.62. The molecule has 0 unspecified atom stereocenters. The van der Waals surface area contributed by atoms with Gasteiger partial charge in [0.05, 0.1) is 0 Å². The van der Waals surface area contributed by atoms with E-state index < -0.39 is 0 Å². The maximum Gasteiger partial charge on any atom is 0.124 e. The normalized spacial score (nSPS) is 22.6. The number of hydrogen-bond donors (Lipinski definition) is 2. The van der Waals surface area contributed by atoms with Crippen LogP contribution in [0.1, 0.15) is 43.4 Å². The number of aromatic hydroxyl groups is 1. The summed E-state index contributed by atoms with van der Waals surface area (Å²) < 4.78 is 0. The molecule has 0 aliphatic carbocycles. The molecule has 2 aromatic carbocycles. The minimum absolute atomic E-state index is 0.155. The van der Waals surface area contributed by atoms with E-state index in [4.69, 9.17) is 16.6 Å². The summed E-state index contributed by atoms with van der Waals surface area (Å²) in [5.41, 5.74) is 2.76. The van der Waals surface area contributed by atoms with Gasteiger partial charge in [-0.15, -0.1) is 0 Å². The largest absolute Gasteiger partial charge is 0.507 e. The van der Waals surface area contributed by atoms with E-state index in [-0.39, 0.29) is 11.7 Å². The molecule has 27 heavy (non-hydrogen) atoms. The highest BCUT2D eigenvalue weighted by atomic mass is 35.5. The molecule has 0 aromatic heterocycles. The lowest BCUT2D eigenvalue weighted by atomic mass is 9.87. The van der Waals surface area contributed by atoms with E-state index in [1.807, 2.05) is 30.3 Å². The Morgan fingerprint density at radius 1 is 1.15 bits per heavy atom. The second-order valence-electron chi connectivity index (χ2n) is 7.49. The predicted molar refractivity (Wildman–Crippen MR) is 111 cm³/mol. The van der Waals surface area contributed by atoms with Gasteiger partial charge >= 0.3 is 0 Å². The fraction of sp³-hybridized carbons (Fsp3) is 0.409. The molecular formula is C22H26ClN3O. The lowest BCUT2D eigenvalue weighted by Crippen LogP contribution is -2.56. The molecule has 5 heteroatoms. The van der Waals surface area contributed by atoms with E-state index in [1.165, 1.54) is 5.56 Å². The fourth-order valence-corrected chi connectivity index (χ4v) is 4.31. The third-order valence-electron chi connectivity index (χ3n) is 5.81. The van der Waals surface area contributed by atoms with Crippen molar-refractivity contribution >= 4 is 17.3 Å². The van der Waals surface area contributed by atoms with Crippen molar-refractivity contribution in [2.75, 3.05) is 19.6 Å². The van der Waals surface area contributed by atoms with E-state index in [1.54, 1.807) is 6.07 Å². The van der Waals surface area contributed by atoms with Crippen LogP contribution in [0.5, 0.6) is 5.75 Å². The van der Waals surface area contributed by atoms with Gasteiger partial charge in [0.25, 0.3) is 0 Å². The summed E-state index contributed by atoms with van der Waals surface area (Å²) in [5.74, 6) is 0.300. The number of aliphatic imine (C=N–C) groups is 1. The number of nitrogens with zero attached hydrogens (tertiary/aromatic N) is 2. The molecule has 1 atom stereocenters. The van der Waals surface area contributed by atoms with Crippen LogP contribution in [0.2, 0.25) is 5.02 Å². The number of nitrogens with one attached hydrogen (secondary N) is 1. The highest BCUT2D eigenvalue weighted by molar-refractivity contribution is 6.30. The second-order valence-corrected chi connectivity index (χ2v) is 7.93. The topological polar surface area (TPSA) is 47.9 Å². The quantitative estimate of drug-likeness (QED) is 0.826. The smallest absolute Gasteiger partial charge is 0.124 e. The first-order chi connectivity index (χ1) is 13.1. The standard InChI is InChI=1S/C22H26ClN3O/c1-2-26-13-11-22(12-14-26)24-19(16-7-9-17(23)10-8-16)15-20(25-22)18-5-3-4-6-21(18)27/h3-10,19,24,27H,2,11-15H2,1H3/t19-/m1/s1. The zero-order chi connectivity index (χ0) is 18.9. The average Bonchev–Trinajstić information content (AvgIpc) is 2.69. The first-order valence-corrected chi connectivity index (χ1v) is 10.1. The van der Waals surface area contributed by atoms with Crippen LogP contribution in [-0.4, -0.2) is 41.0 Å². The SMILES string of the molecule is CCN1CCC2(CC1)N=C(c1ccccc1O)C[C@H](c1ccc(Cl)cc1)N2. The summed E-state index contributed by atoms with van der Waals surface area (Å²) in [5, 5.41) is 15.0. The van der Waals surface area contributed by atoms with Crippen LogP contribution in [0.25, 0.3) is 0 Å². The van der Waals surface area contributed by atoms with Crippen LogP contribution in [0.4, 0.5) is 0 Å². The molecular weight excluding hydrogens is 358 g/mol. The number of likely N-dealkylation sites (tertiary alicyclic amines) is 1. The minimum Gasteiger partial charge on any atom is -0.507 e. The van der Waals surface area contributed by atoms with E-state index in [2.05, 4.69) is 29.3 Å². The predicted octanol–water partition coefficient (Wildman–Crippen LogP) is 4.38. The van der Waals surface area contributed by atoms with Crippen molar-refractivity contribution in [1.82, 2.24) is 10.2 Å². The van der Waals surface area contributed by atoms with Gasteiger partial charge < -0.3 is 10.0 Å². The summed E-state index contributed by atoms with van der Waals surface area (Å²) in [6.07, 6.45) is 2.70. The van der Waals surface area contributed by atoms with Gasteiger partial charge in [-0.2, -0.15) is 0 Å². The zero-order valence-corrected chi connectivity index (χ0v) is 16.4. The van der Waals surface area contributed by atoms with Crippen LogP contribution >= 0.6 is 11.6 Å². The molecule has 142 valence electrons. The molecule has 1 spiro atoms. The Morgan fingerprint density at radius 2 is 1.85 bits per heavy atom. The molecule has 1 saturated heterocycles. The maximum absolute atomic E-state index is 10.4. The molecule has 4 rings (SSSR count). The average molecular weight is 384 g/mol. The molecule has 2 aliphatic heterocycles. The van der Waals surface area contributed by atoms with Crippen LogP contribution in [0.3, 0.4) is 0 Å². The van der Waals surface area contributed by atoms with Crippen LogP contribution in [0.15, 0.2) is 53.5 Å². The molecule has 1 fully saturated rings. The van der Waals surface area contributed by atoms with E-state index >= 15 is 0 Å². The van der Waals surface area contributed by atoms with Gasteiger partial charge in [-0.25, -0.2) is 0 Å². The Labute approximate surface area is 165 Å². The summed E-state index contributed by atoms with van der Waals surface area (Å²) >= 11 is 6.09. The van der Waals surface area contributed by atoms with Gasteiger partial charge in [0, 0.05) is 41.8 Å². The molecule has 2 heterocycles. The first-order valence-electron chi connectivity index (χ1n) is 9.71. The molecule has 4 nitrogen and oxygen atoms in total. The maximum atomic E-state index is 10.4. The number of benzene rings is 2. The van der Waals surface area contributed by atoms with Crippen LogP contribution in [0, 0.1) is 0 Å². The zero-order valence-electron chi connectivity index (χ0n) is 15.7. The number of rotatable bonds is 3. The molecule has 0 radical (unpaired) electrons. The summed E-state index contributed by atoms with van der Waals surface area (Å²) in [7, 11) is 0. The fourth-order valence-electron chi connectivity index (χ4n) is 4.18. The third-order valence-corrected chi connectivity index (χ3v) is 6.06. The van der Waals surface area contributed by atoms with Gasteiger partial charge in [-0.05, 0) is 49.2 Å². The number of para-hydroxylation sites is 1. The van der Waals surface area contributed by atoms with Crippen molar-refractivity contribution in [1.29, 1.82) is 0 Å². The highest BCUT2D eigenvalue weighted by Gasteiger charge is 2.40. The Bertz CT molecular complexity index is 826. The van der Waals surface area contributed by atoms with E-state index in [9.17, 15) is 5.11 Å². The Morgan fingerprint density at radius 3 is 2.52 bits per heavy atom. The Kier molecular flexibility index (Phi) is 5.22. The molecule has 0 saturated carbocycles. The van der Waals surface area contributed by atoms with E-state index in [0.717, 1.165) is 55.2 Å². The van der Waals surface area contributed by atoms with Gasteiger partial charge in [0.1, 0.15) is 11.4 Å². The Balaban J connectivity index is 1.70. The summed E-state index contributed by atoms with van der Waals surface area (Å²) in [6.45, 7) is 5.36. The molecule has 2 aliphatic rings. The van der Waals surface area contributed by atoms with Crippen molar-refractivity contribution in [3.63, 3.8) is 0 Å². The number of hydrogen-bond acceptors (Lipinski definition) is 4. The highest BCUT2D eigenvalue weighted by Crippen LogP contribution is 2.36. The first kappa shape index (κ1) is 18.5. The van der Waals surface area contributed by atoms with E-state index in [0.29, 0.717) is 5.75 Å². The molecule has 0 amide bonds. The number of phenolic OH excluding ortho intramolecular Hbond substituents is 1. The summed E-state index contributed by atoms with van der Waals surface area (Å²) in [6, 6.07) is 15.7. The van der Waals surface area contributed by atoms with Crippen molar-refractivity contribution in [3.8, 4) is 5.75 Å². The van der Waals surface area contributed by atoms with Gasteiger partial charge in [-0.3, -0.25) is 10.3 Å². The lowest BCUT2D eigenvalue weighted by molar-refractivity contribution is 0.129. The number of halogens is 1. The minimum atomic E-state index is -0.272. The monoisotopic (exact) mass is 383 g/mol. The molecule has 2 aromatic rings. The third kappa shape index (κ3) is 3.88. The Hall–Kier alpha value is -1.88. The van der Waals surface area contributed by atoms with Gasteiger partial charge in [-0.1, -0.05) is 42.8 Å². The van der Waals surface area contributed by atoms with Crippen molar-refractivity contribution in [3.05, 3.63) is 64.7 Å². The number of piperidine rings is 1. The van der Waals surface area contributed by atoms with Gasteiger partial charge in [0.2, 0.25) is 0 Å². The second kappa shape index (κ2) is 7.63. The van der Waals surface area contributed by atoms with Gasteiger partial charge in [0.15, 0.2) is 0 Å². The van der Waals surface area contributed by atoms with Crippen LogP contribution < -0.4 is 5.32 Å². The van der Waals surface area contributed by atoms with Crippen molar-refractivity contribution in [2.45, 2.75) is 37.9 Å². The molecule has 2 N–H and O–H groups in total. The van der Waals surface area contributed by atoms with Crippen LogP contribution in [-0.2, 0) is 0 Å². The van der Waals surface area contributed by atoms with Crippen molar-refractivity contribution in [2.24, 2.45) is 4.99 Å². The lowest BCUT2D eigenvalue weighted by Gasteiger charge is -2.45. The number of phenols is 1.